The number of thiophene rings is 1. The number of ether oxygens (including phenoxy) is 1. The van der Waals surface area contributed by atoms with E-state index in [1.165, 1.54) is 0 Å². The lowest BCUT2D eigenvalue weighted by Crippen LogP contribution is -2.82. The summed E-state index contributed by atoms with van der Waals surface area (Å²) < 4.78 is 5.86. The zero-order chi connectivity index (χ0) is 15.3. The third kappa shape index (κ3) is 2.05. The normalized spacial score (nSPS) is 35.4. The molecule has 0 spiro atoms. The first-order valence-electron chi connectivity index (χ1n) is 7.64. The molecule has 5 heteroatoms. The minimum absolute atomic E-state index is 0.00251. The monoisotopic (exact) mass is 308 g/mol. The molecule has 4 atom stereocenters. The lowest BCUT2D eigenvalue weighted by molar-refractivity contribution is -0.225. The SMILES string of the molecule is CC(NC(=O)C1(N)C2CCCOC2C1(C)C)c1cccs1. The lowest BCUT2D eigenvalue weighted by atomic mass is 9.46. The van der Waals surface area contributed by atoms with E-state index in [1.807, 2.05) is 24.4 Å². The summed E-state index contributed by atoms with van der Waals surface area (Å²) in [5.41, 5.74) is 5.44. The van der Waals surface area contributed by atoms with E-state index in [9.17, 15) is 4.79 Å². The molecule has 2 aliphatic rings. The van der Waals surface area contributed by atoms with E-state index >= 15 is 0 Å². The largest absolute Gasteiger partial charge is 0.377 e. The Labute approximate surface area is 130 Å². The van der Waals surface area contributed by atoms with E-state index in [2.05, 4.69) is 19.2 Å². The quantitative estimate of drug-likeness (QED) is 0.901. The van der Waals surface area contributed by atoms with Gasteiger partial charge < -0.3 is 15.8 Å². The molecule has 0 radical (unpaired) electrons. The third-order valence-electron chi connectivity index (χ3n) is 5.38. The number of rotatable bonds is 3. The standard InChI is InChI=1S/C16H24N2O2S/c1-10(12-7-5-9-21-12)18-14(19)16(17)11-6-4-8-20-13(11)15(16,2)3/h5,7,9-11,13H,4,6,8,17H2,1-3H3,(H,18,19). The molecular weight excluding hydrogens is 284 g/mol. The summed E-state index contributed by atoms with van der Waals surface area (Å²) in [6.45, 7) is 6.89. The summed E-state index contributed by atoms with van der Waals surface area (Å²) in [6, 6.07) is 4.04. The van der Waals surface area contributed by atoms with Crippen LogP contribution in [0.1, 0.15) is 44.5 Å². The molecule has 4 nitrogen and oxygen atoms in total. The van der Waals surface area contributed by atoms with Gasteiger partial charge in [0.25, 0.3) is 0 Å². The van der Waals surface area contributed by atoms with Crippen molar-refractivity contribution in [2.45, 2.75) is 51.3 Å². The number of nitrogens with two attached hydrogens (primary N) is 1. The molecule has 1 aromatic heterocycles. The number of carbonyl (C=O) groups is 1. The number of hydrogen-bond acceptors (Lipinski definition) is 4. The van der Waals surface area contributed by atoms with Crippen LogP contribution in [-0.2, 0) is 9.53 Å². The maximum atomic E-state index is 12.8. The maximum absolute atomic E-state index is 12.8. The topological polar surface area (TPSA) is 64.4 Å². The van der Waals surface area contributed by atoms with Crippen molar-refractivity contribution in [3.63, 3.8) is 0 Å². The van der Waals surface area contributed by atoms with E-state index in [4.69, 9.17) is 10.5 Å². The highest BCUT2D eigenvalue weighted by atomic mass is 32.1. The smallest absolute Gasteiger partial charge is 0.241 e. The Morgan fingerprint density at radius 2 is 2.33 bits per heavy atom. The van der Waals surface area contributed by atoms with Crippen LogP contribution in [0.3, 0.4) is 0 Å². The van der Waals surface area contributed by atoms with Gasteiger partial charge in [0, 0.05) is 22.8 Å². The van der Waals surface area contributed by atoms with Crippen LogP contribution in [0.15, 0.2) is 17.5 Å². The molecule has 1 saturated carbocycles. The van der Waals surface area contributed by atoms with E-state index in [-0.39, 0.29) is 29.4 Å². The fraction of sp³-hybridized carbons (Fsp3) is 0.688. The Morgan fingerprint density at radius 3 is 3.00 bits per heavy atom. The average Bonchev–Trinajstić information content (AvgIpc) is 3.00. The first-order chi connectivity index (χ1) is 9.89. The maximum Gasteiger partial charge on any atom is 0.241 e. The van der Waals surface area contributed by atoms with Crippen LogP contribution in [0, 0.1) is 11.3 Å². The lowest BCUT2D eigenvalue weighted by Gasteiger charge is -2.65. The van der Waals surface area contributed by atoms with Crippen LogP contribution >= 0.6 is 11.3 Å². The number of nitrogens with one attached hydrogen (secondary N) is 1. The molecule has 116 valence electrons. The van der Waals surface area contributed by atoms with Gasteiger partial charge in [0.1, 0.15) is 5.54 Å². The van der Waals surface area contributed by atoms with Crippen LogP contribution in [-0.4, -0.2) is 24.2 Å². The van der Waals surface area contributed by atoms with Crippen molar-refractivity contribution in [1.82, 2.24) is 5.32 Å². The predicted molar refractivity (Wildman–Crippen MR) is 84.0 cm³/mol. The van der Waals surface area contributed by atoms with Crippen molar-refractivity contribution >= 4 is 17.2 Å². The van der Waals surface area contributed by atoms with Gasteiger partial charge in [-0.05, 0) is 31.2 Å². The fourth-order valence-corrected chi connectivity index (χ4v) is 4.70. The summed E-state index contributed by atoms with van der Waals surface area (Å²) in [5.74, 6) is 0.0944. The van der Waals surface area contributed by atoms with Gasteiger partial charge in [-0.2, -0.15) is 0 Å². The summed E-state index contributed by atoms with van der Waals surface area (Å²) in [7, 11) is 0. The van der Waals surface area contributed by atoms with Crippen molar-refractivity contribution in [3.8, 4) is 0 Å². The molecule has 1 aliphatic heterocycles. The van der Waals surface area contributed by atoms with Gasteiger partial charge in [-0.25, -0.2) is 0 Å². The van der Waals surface area contributed by atoms with Crippen LogP contribution in [0.25, 0.3) is 0 Å². The number of carbonyl (C=O) groups excluding carboxylic acids is 1. The van der Waals surface area contributed by atoms with E-state index in [1.54, 1.807) is 11.3 Å². The average molecular weight is 308 g/mol. The summed E-state index contributed by atoms with van der Waals surface area (Å²) in [6.07, 6.45) is 2.08. The molecular formula is C16H24N2O2S. The summed E-state index contributed by atoms with van der Waals surface area (Å²) >= 11 is 1.65. The van der Waals surface area contributed by atoms with Gasteiger partial charge >= 0.3 is 0 Å². The summed E-state index contributed by atoms with van der Waals surface area (Å²) in [5, 5.41) is 5.13. The number of amides is 1. The Bertz CT molecular complexity index is 528. The van der Waals surface area contributed by atoms with E-state index < -0.39 is 5.54 Å². The molecule has 1 amide bonds. The Balaban J connectivity index is 1.77. The first kappa shape index (κ1) is 15.0. The van der Waals surface area contributed by atoms with Crippen LogP contribution in [0.2, 0.25) is 0 Å². The van der Waals surface area contributed by atoms with Gasteiger partial charge in [0.2, 0.25) is 5.91 Å². The third-order valence-corrected chi connectivity index (χ3v) is 6.43. The summed E-state index contributed by atoms with van der Waals surface area (Å²) in [4.78, 5) is 14.0. The fourth-order valence-electron chi connectivity index (χ4n) is 3.96. The minimum atomic E-state index is -0.830. The van der Waals surface area contributed by atoms with Crippen LogP contribution < -0.4 is 11.1 Å². The van der Waals surface area contributed by atoms with Gasteiger partial charge in [-0.3, -0.25) is 4.79 Å². The van der Waals surface area contributed by atoms with Crippen molar-refractivity contribution in [2.75, 3.05) is 6.61 Å². The molecule has 21 heavy (non-hydrogen) atoms. The molecule has 2 fully saturated rings. The molecule has 3 rings (SSSR count). The second kappa shape index (κ2) is 5.07. The van der Waals surface area contributed by atoms with Crippen LogP contribution in [0.4, 0.5) is 0 Å². The van der Waals surface area contributed by atoms with Gasteiger partial charge in [-0.1, -0.05) is 19.9 Å². The Morgan fingerprint density at radius 1 is 1.57 bits per heavy atom. The molecule has 0 aromatic carbocycles. The second-order valence-electron chi connectivity index (χ2n) is 6.84. The van der Waals surface area contributed by atoms with Crippen molar-refractivity contribution < 1.29 is 9.53 Å². The minimum Gasteiger partial charge on any atom is -0.377 e. The molecule has 1 aromatic rings. The predicted octanol–water partition coefficient (Wildman–Crippen LogP) is 2.46. The van der Waals surface area contributed by atoms with Gasteiger partial charge in [-0.15, -0.1) is 11.3 Å². The Hall–Kier alpha value is -0.910. The molecule has 3 N–H and O–H groups in total. The van der Waals surface area contributed by atoms with Crippen molar-refractivity contribution in [2.24, 2.45) is 17.1 Å². The molecule has 0 bridgehead atoms. The van der Waals surface area contributed by atoms with Crippen LogP contribution in [0.5, 0.6) is 0 Å². The highest BCUT2D eigenvalue weighted by Crippen LogP contribution is 2.57. The Kier molecular flexibility index (Phi) is 3.62. The van der Waals surface area contributed by atoms with Gasteiger partial charge in [0.15, 0.2) is 0 Å². The highest BCUT2D eigenvalue weighted by Gasteiger charge is 2.70. The van der Waals surface area contributed by atoms with E-state index in [0.29, 0.717) is 0 Å². The van der Waals surface area contributed by atoms with Crippen molar-refractivity contribution in [3.05, 3.63) is 22.4 Å². The molecule has 1 aliphatic carbocycles. The number of fused-ring (bicyclic) bond motifs is 1. The van der Waals surface area contributed by atoms with E-state index in [0.717, 1.165) is 24.3 Å². The molecule has 2 heterocycles. The molecule has 4 unspecified atom stereocenters. The second-order valence-corrected chi connectivity index (χ2v) is 7.82. The zero-order valence-electron chi connectivity index (χ0n) is 12.9. The van der Waals surface area contributed by atoms with Gasteiger partial charge in [0.05, 0.1) is 12.1 Å². The molecule has 1 saturated heterocycles. The number of hydrogen-bond donors (Lipinski definition) is 2. The highest BCUT2D eigenvalue weighted by molar-refractivity contribution is 7.10. The zero-order valence-corrected chi connectivity index (χ0v) is 13.7. The first-order valence-corrected chi connectivity index (χ1v) is 8.52. The van der Waals surface area contributed by atoms with Crippen molar-refractivity contribution in [1.29, 1.82) is 0 Å².